The first-order chi connectivity index (χ1) is 13.1. The van der Waals surface area contributed by atoms with E-state index >= 15 is 0 Å². The van der Waals surface area contributed by atoms with E-state index in [1.165, 1.54) is 0 Å². The summed E-state index contributed by atoms with van der Waals surface area (Å²) in [4.78, 5) is 21.7. The van der Waals surface area contributed by atoms with Crippen molar-refractivity contribution in [2.75, 3.05) is 24.7 Å². The van der Waals surface area contributed by atoms with Gasteiger partial charge in [-0.2, -0.15) is 10.2 Å². The van der Waals surface area contributed by atoms with Crippen LogP contribution < -0.4 is 10.9 Å². The van der Waals surface area contributed by atoms with Gasteiger partial charge < -0.3 is 5.32 Å². The molecule has 8 heteroatoms. The van der Waals surface area contributed by atoms with Crippen molar-refractivity contribution in [1.82, 2.24) is 18.8 Å². The lowest BCUT2D eigenvalue weighted by atomic mass is 10.1. The van der Waals surface area contributed by atoms with Gasteiger partial charge in [-0.15, -0.1) is 0 Å². The predicted octanol–water partition coefficient (Wildman–Crippen LogP) is 2.39. The van der Waals surface area contributed by atoms with E-state index in [2.05, 4.69) is 32.4 Å². The van der Waals surface area contributed by atoms with Gasteiger partial charge in [0.25, 0.3) is 5.56 Å². The van der Waals surface area contributed by atoms with Gasteiger partial charge in [-0.1, -0.05) is 24.1 Å². The summed E-state index contributed by atoms with van der Waals surface area (Å²) in [6, 6.07) is 3.90. The molecular formula is C19H22N6OS. The molecule has 27 heavy (non-hydrogen) atoms. The van der Waals surface area contributed by atoms with E-state index in [4.69, 9.17) is 0 Å². The number of fused-ring (bicyclic) bond motifs is 1. The summed E-state index contributed by atoms with van der Waals surface area (Å²) in [5.41, 5.74) is 1.56. The zero-order chi connectivity index (χ0) is 19.0. The van der Waals surface area contributed by atoms with Gasteiger partial charge in [0.05, 0.1) is 0 Å². The Morgan fingerprint density at radius 2 is 2.19 bits per heavy atom. The third kappa shape index (κ3) is 3.70. The number of nitriles is 1. The molecule has 7 nitrogen and oxygen atoms in total. The molecule has 2 aromatic rings. The number of allylic oxidation sites excluding steroid dienone is 1. The van der Waals surface area contributed by atoms with Crippen LogP contribution in [0.5, 0.6) is 0 Å². The summed E-state index contributed by atoms with van der Waals surface area (Å²) < 4.78 is 3.96. The molecule has 4 rings (SSSR count). The van der Waals surface area contributed by atoms with E-state index < -0.39 is 0 Å². The highest BCUT2D eigenvalue weighted by molar-refractivity contribution is 7.96. The van der Waals surface area contributed by atoms with Gasteiger partial charge in [-0.3, -0.25) is 13.7 Å². The van der Waals surface area contributed by atoms with Crippen LogP contribution in [0.4, 0.5) is 5.95 Å². The summed E-state index contributed by atoms with van der Waals surface area (Å²) in [5, 5.41) is 13.4. The van der Waals surface area contributed by atoms with Gasteiger partial charge >= 0.3 is 0 Å². The van der Waals surface area contributed by atoms with Crippen molar-refractivity contribution in [3.63, 3.8) is 0 Å². The van der Waals surface area contributed by atoms with Crippen LogP contribution in [0, 0.1) is 17.2 Å². The number of hydrogen-bond acceptors (Lipinski definition) is 7. The second-order valence-electron chi connectivity index (χ2n) is 7.15. The normalized spacial score (nSPS) is 20.6. The average Bonchev–Trinajstić information content (AvgIpc) is 3.39. The van der Waals surface area contributed by atoms with E-state index in [0.717, 1.165) is 37.9 Å². The van der Waals surface area contributed by atoms with Crippen LogP contribution in [0.1, 0.15) is 24.8 Å². The fraction of sp³-hybridized carbons (Fsp3) is 0.474. The Balaban J connectivity index is 1.64. The first-order valence-corrected chi connectivity index (χ1v) is 10.3. The number of nitrogens with one attached hydrogen (secondary N) is 1. The Bertz CT molecular complexity index is 986. The number of pyridine rings is 1. The Kier molecular flexibility index (Phi) is 4.89. The SMILES string of the molecule is C=C1CC1Cn1c(=O)c(C#N)cc2cnc(NC3CCN(SC)CC3)nc21. The number of rotatable bonds is 5. The lowest BCUT2D eigenvalue weighted by molar-refractivity contribution is 0.358. The standard InChI is InChI=1S/C19H22N6OS/c1-12-7-15(12)11-25-17-14(8-13(9-20)18(25)26)10-21-19(23-17)22-16-3-5-24(27-2)6-4-16/h8,10,15-16H,1,3-7,11H2,2H3,(H,21,22,23). The molecule has 2 aromatic heterocycles. The molecule has 2 aliphatic rings. The molecular weight excluding hydrogens is 360 g/mol. The van der Waals surface area contributed by atoms with Gasteiger partial charge in [0, 0.05) is 43.2 Å². The second-order valence-corrected chi connectivity index (χ2v) is 8.03. The molecule has 0 bridgehead atoms. The molecule has 140 valence electrons. The van der Waals surface area contributed by atoms with Crippen molar-refractivity contribution in [2.45, 2.75) is 31.8 Å². The van der Waals surface area contributed by atoms with Crippen molar-refractivity contribution in [1.29, 1.82) is 5.26 Å². The highest BCUT2D eigenvalue weighted by Gasteiger charge is 2.29. The number of hydrogen-bond donors (Lipinski definition) is 1. The Morgan fingerprint density at radius 3 is 2.81 bits per heavy atom. The molecule has 3 heterocycles. The van der Waals surface area contributed by atoms with Crippen LogP contribution in [-0.2, 0) is 6.54 Å². The topological polar surface area (TPSA) is 86.8 Å². The van der Waals surface area contributed by atoms with Crippen LogP contribution in [0.2, 0.25) is 0 Å². The van der Waals surface area contributed by atoms with Crippen LogP contribution in [0.25, 0.3) is 11.0 Å². The number of aromatic nitrogens is 3. The van der Waals surface area contributed by atoms with Gasteiger partial charge in [-0.25, -0.2) is 4.98 Å². The summed E-state index contributed by atoms with van der Waals surface area (Å²) in [6.45, 7) is 6.56. The molecule has 1 aliphatic carbocycles. The van der Waals surface area contributed by atoms with Crippen LogP contribution in [0.3, 0.4) is 0 Å². The minimum atomic E-state index is -0.289. The van der Waals surface area contributed by atoms with Gasteiger partial charge in [0.1, 0.15) is 17.3 Å². The Hall–Kier alpha value is -2.37. The minimum absolute atomic E-state index is 0.127. The molecule has 1 atom stereocenters. The maximum absolute atomic E-state index is 12.7. The maximum atomic E-state index is 12.7. The lowest BCUT2D eigenvalue weighted by Crippen LogP contribution is -2.35. The monoisotopic (exact) mass is 382 g/mol. The van der Waals surface area contributed by atoms with Crippen LogP contribution in [0.15, 0.2) is 29.2 Å². The first-order valence-electron chi connectivity index (χ1n) is 9.13. The fourth-order valence-corrected chi connectivity index (χ4v) is 4.09. The van der Waals surface area contributed by atoms with Gasteiger partial charge in [0.2, 0.25) is 5.95 Å². The predicted molar refractivity (Wildman–Crippen MR) is 107 cm³/mol. The smallest absolute Gasteiger partial charge is 0.270 e. The Morgan fingerprint density at radius 1 is 1.44 bits per heavy atom. The summed E-state index contributed by atoms with van der Waals surface area (Å²) in [5.74, 6) is 0.833. The molecule has 1 aliphatic heterocycles. The van der Waals surface area contributed by atoms with E-state index in [9.17, 15) is 10.1 Å². The molecule has 0 radical (unpaired) electrons. The highest BCUT2D eigenvalue weighted by Crippen LogP contribution is 2.37. The van der Waals surface area contributed by atoms with E-state index in [0.29, 0.717) is 35.5 Å². The molecule has 0 spiro atoms. The number of anilines is 1. The minimum Gasteiger partial charge on any atom is -0.351 e. The third-order valence-electron chi connectivity index (χ3n) is 5.32. The maximum Gasteiger partial charge on any atom is 0.270 e. The second kappa shape index (κ2) is 7.33. The number of piperidine rings is 1. The third-order valence-corrected chi connectivity index (χ3v) is 6.20. The van der Waals surface area contributed by atoms with E-state index in [1.807, 2.05) is 6.07 Å². The summed E-state index contributed by atoms with van der Waals surface area (Å²) >= 11 is 1.78. The van der Waals surface area contributed by atoms with Crippen LogP contribution >= 0.6 is 11.9 Å². The average molecular weight is 382 g/mol. The summed E-state index contributed by atoms with van der Waals surface area (Å²) in [7, 11) is 0. The first kappa shape index (κ1) is 18.0. The van der Waals surface area contributed by atoms with Crippen molar-refractivity contribution in [2.24, 2.45) is 5.92 Å². The molecule has 0 aromatic carbocycles. The zero-order valence-electron chi connectivity index (χ0n) is 15.3. The molecule has 0 amide bonds. The van der Waals surface area contributed by atoms with Crippen molar-refractivity contribution in [3.8, 4) is 6.07 Å². The Labute approximate surface area is 162 Å². The van der Waals surface area contributed by atoms with Gasteiger partial charge in [-0.05, 0) is 31.6 Å². The molecule has 1 N–H and O–H groups in total. The summed E-state index contributed by atoms with van der Waals surface area (Å²) in [6.07, 6.45) is 6.78. The van der Waals surface area contributed by atoms with Crippen molar-refractivity contribution >= 4 is 28.9 Å². The van der Waals surface area contributed by atoms with Crippen molar-refractivity contribution in [3.05, 3.63) is 40.3 Å². The largest absolute Gasteiger partial charge is 0.351 e. The fourth-order valence-electron chi connectivity index (χ4n) is 3.51. The molecule has 1 saturated carbocycles. The highest BCUT2D eigenvalue weighted by atomic mass is 32.2. The van der Waals surface area contributed by atoms with E-state index in [1.54, 1.807) is 28.8 Å². The lowest BCUT2D eigenvalue weighted by Gasteiger charge is -2.30. The molecule has 2 fully saturated rings. The van der Waals surface area contributed by atoms with Crippen LogP contribution in [-0.4, -0.2) is 44.2 Å². The quantitative estimate of drug-likeness (QED) is 0.627. The zero-order valence-corrected chi connectivity index (χ0v) is 16.1. The van der Waals surface area contributed by atoms with Gasteiger partial charge in [0.15, 0.2) is 0 Å². The molecule has 1 unspecified atom stereocenters. The molecule has 1 saturated heterocycles. The number of nitrogens with zero attached hydrogens (tertiary/aromatic N) is 5. The van der Waals surface area contributed by atoms with E-state index in [-0.39, 0.29) is 11.1 Å². The van der Waals surface area contributed by atoms with Crippen molar-refractivity contribution < 1.29 is 0 Å².